The van der Waals surface area contributed by atoms with Crippen LogP contribution in [0.3, 0.4) is 0 Å². The fourth-order valence-electron chi connectivity index (χ4n) is 5.45. The Balaban J connectivity index is 1.49. The number of aryl methyl sites for hydroxylation is 2. The van der Waals surface area contributed by atoms with Crippen LogP contribution in [-0.2, 0) is 27.8 Å². The molecule has 2 aromatic heterocycles. The standard InChI is InChI=1S/C29H33N5O6S/c1-20-28(21(2)40-31-20)41(35,36)33-10-13-39-27-17-24(4-5-26(27)37-3)29-30-6-7-34(29)25-15-22(14-23(16-25)19-33)18-32-8-11-38-12-9-32/h4-7,14-17H,8-13,18-19H2,1-3H3. The van der Waals surface area contributed by atoms with Gasteiger partial charge in [-0.1, -0.05) is 11.2 Å². The Labute approximate surface area is 239 Å². The van der Waals surface area contributed by atoms with E-state index in [1.54, 1.807) is 27.2 Å². The minimum Gasteiger partial charge on any atom is -0.493 e. The van der Waals surface area contributed by atoms with Crippen LogP contribution in [0.15, 0.2) is 58.2 Å². The van der Waals surface area contributed by atoms with Gasteiger partial charge in [0, 0.05) is 56.4 Å². The molecular weight excluding hydrogens is 546 g/mol. The molecule has 216 valence electrons. The van der Waals surface area contributed by atoms with Crippen molar-refractivity contribution >= 4 is 10.0 Å². The van der Waals surface area contributed by atoms with Crippen molar-refractivity contribution in [1.82, 2.24) is 23.9 Å². The van der Waals surface area contributed by atoms with E-state index in [0.717, 1.165) is 47.8 Å². The van der Waals surface area contributed by atoms with Crippen LogP contribution in [0.4, 0.5) is 0 Å². The van der Waals surface area contributed by atoms with Gasteiger partial charge in [0.1, 0.15) is 23.0 Å². The van der Waals surface area contributed by atoms with Crippen LogP contribution >= 0.6 is 0 Å². The van der Waals surface area contributed by atoms with Crippen LogP contribution in [0.1, 0.15) is 22.6 Å². The second kappa shape index (κ2) is 11.3. The molecule has 2 aromatic carbocycles. The largest absolute Gasteiger partial charge is 0.493 e. The number of benzene rings is 2. The van der Waals surface area contributed by atoms with Gasteiger partial charge in [0.25, 0.3) is 0 Å². The zero-order valence-electron chi connectivity index (χ0n) is 23.4. The lowest BCUT2D eigenvalue weighted by Gasteiger charge is -2.27. The smallest absolute Gasteiger partial charge is 0.248 e. The molecule has 1 fully saturated rings. The molecule has 1 saturated heterocycles. The summed E-state index contributed by atoms with van der Waals surface area (Å²) in [5, 5.41) is 3.90. The third-order valence-corrected chi connectivity index (χ3v) is 9.50. The van der Waals surface area contributed by atoms with Gasteiger partial charge in [-0.2, -0.15) is 4.31 Å². The lowest BCUT2D eigenvalue weighted by molar-refractivity contribution is 0.0342. The van der Waals surface area contributed by atoms with E-state index in [1.165, 1.54) is 4.31 Å². The Kier molecular flexibility index (Phi) is 7.56. The second-order valence-electron chi connectivity index (χ2n) is 10.2. The molecule has 0 aliphatic carbocycles. The van der Waals surface area contributed by atoms with E-state index < -0.39 is 10.0 Å². The van der Waals surface area contributed by atoms with Crippen LogP contribution in [0.2, 0.25) is 0 Å². The highest BCUT2D eigenvalue weighted by molar-refractivity contribution is 7.89. The molecule has 0 amide bonds. The molecule has 12 heteroatoms. The molecule has 2 aliphatic rings. The lowest BCUT2D eigenvalue weighted by Crippen LogP contribution is -2.36. The first-order valence-electron chi connectivity index (χ1n) is 13.5. The second-order valence-corrected chi connectivity index (χ2v) is 12.1. The zero-order chi connectivity index (χ0) is 28.6. The normalized spacial score (nSPS) is 16.7. The van der Waals surface area contributed by atoms with Gasteiger partial charge in [0.2, 0.25) is 10.0 Å². The summed E-state index contributed by atoms with van der Waals surface area (Å²) >= 11 is 0. The first kappa shape index (κ1) is 27.5. The Morgan fingerprint density at radius 2 is 1.85 bits per heavy atom. The summed E-state index contributed by atoms with van der Waals surface area (Å²) in [6.45, 7) is 7.40. The van der Waals surface area contributed by atoms with E-state index in [4.69, 9.17) is 18.7 Å². The van der Waals surface area contributed by atoms with Crippen molar-refractivity contribution in [2.75, 3.05) is 46.6 Å². The van der Waals surface area contributed by atoms with Crippen molar-refractivity contribution in [2.45, 2.75) is 31.8 Å². The molecule has 4 aromatic rings. The van der Waals surface area contributed by atoms with E-state index >= 15 is 0 Å². The van der Waals surface area contributed by atoms with Crippen molar-refractivity contribution in [3.8, 4) is 28.6 Å². The average Bonchev–Trinajstić information content (AvgIpc) is 3.59. The third-order valence-electron chi connectivity index (χ3n) is 7.41. The van der Waals surface area contributed by atoms with Crippen LogP contribution in [0.5, 0.6) is 11.5 Å². The minimum absolute atomic E-state index is 0.0861. The van der Waals surface area contributed by atoms with Gasteiger partial charge in [0.05, 0.1) is 20.3 Å². The van der Waals surface area contributed by atoms with Gasteiger partial charge in [-0.15, -0.1) is 0 Å². The molecule has 2 aliphatic heterocycles. The Morgan fingerprint density at radius 1 is 1.02 bits per heavy atom. The van der Waals surface area contributed by atoms with Crippen molar-refractivity contribution in [3.63, 3.8) is 0 Å². The number of hydrogen-bond acceptors (Lipinski definition) is 9. The van der Waals surface area contributed by atoms with Gasteiger partial charge in [-0.05, 0) is 55.3 Å². The van der Waals surface area contributed by atoms with Crippen molar-refractivity contribution in [3.05, 3.63) is 71.4 Å². The van der Waals surface area contributed by atoms with Crippen LogP contribution < -0.4 is 9.47 Å². The quantitative estimate of drug-likeness (QED) is 0.350. The summed E-state index contributed by atoms with van der Waals surface area (Å²) in [7, 11) is -2.39. The molecule has 0 atom stereocenters. The number of ether oxygens (including phenoxy) is 3. The predicted molar refractivity (Wildman–Crippen MR) is 151 cm³/mol. The van der Waals surface area contributed by atoms with E-state index in [9.17, 15) is 8.42 Å². The number of methoxy groups -OCH3 is 1. The number of aromatic nitrogens is 3. The summed E-state index contributed by atoms with van der Waals surface area (Å²) in [4.78, 5) is 7.09. The lowest BCUT2D eigenvalue weighted by atomic mass is 10.1. The minimum atomic E-state index is -3.96. The summed E-state index contributed by atoms with van der Waals surface area (Å²) < 4.78 is 54.0. The van der Waals surface area contributed by atoms with Crippen LogP contribution in [-0.4, -0.2) is 78.9 Å². The monoisotopic (exact) mass is 579 g/mol. The first-order chi connectivity index (χ1) is 19.8. The fourth-order valence-corrected chi connectivity index (χ4v) is 7.16. The van der Waals surface area contributed by atoms with E-state index in [1.807, 2.05) is 35.0 Å². The zero-order valence-corrected chi connectivity index (χ0v) is 24.2. The molecule has 6 rings (SSSR count). The summed E-state index contributed by atoms with van der Waals surface area (Å²) in [5.74, 6) is 2.06. The van der Waals surface area contributed by atoms with Gasteiger partial charge in [-0.3, -0.25) is 9.47 Å². The van der Waals surface area contributed by atoms with E-state index in [0.29, 0.717) is 30.4 Å². The number of hydrogen-bond donors (Lipinski definition) is 0. The summed E-state index contributed by atoms with van der Waals surface area (Å²) in [6.07, 6.45) is 3.67. The molecule has 0 radical (unpaired) electrons. The Bertz CT molecular complexity index is 1640. The number of sulfonamides is 1. The maximum Gasteiger partial charge on any atom is 0.248 e. The molecule has 41 heavy (non-hydrogen) atoms. The number of morpholine rings is 1. The highest BCUT2D eigenvalue weighted by Crippen LogP contribution is 2.34. The number of nitrogens with zero attached hydrogens (tertiary/aromatic N) is 5. The van der Waals surface area contributed by atoms with E-state index in [2.05, 4.69) is 27.2 Å². The van der Waals surface area contributed by atoms with Crippen LogP contribution in [0, 0.1) is 13.8 Å². The molecule has 0 N–H and O–H groups in total. The molecule has 0 saturated carbocycles. The summed E-state index contributed by atoms with van der Waals surface area (Å²) in [6, 6.07) is 11.9. The van der Waals surface area contributed by atoms with Crippen molar-refractivity contribution < 1.29 is 27.2 Å². The molecule has 0 spiro atoms. The van der Waals surface area contributed by atoms with Gasteiger partial charge >= 0.3 is 0 Å². The van der Waals surface area contributed by atoms with E-state index in [-0.39, 0.29) is 30.4 Å². The highest BCUT2D eigenvalue weighted by atomic mass is 32.2. The third kappa shape index (κ3) is 5.47. The highest BCUT2D eigenvalue weighted by Gasteiger charge is 2.32. The fraction of sp³-hybridized carbons (Fsp3) is 0.379. The van der Waals surface area contributed by atoms with Crippen LogP contribution in [0.25, 0.3) is 17.1 Å². The SMILES string of the molecule is COc1ccc2cc1OCCN(S(=O)(=O)c1c(C)noc1C)Cc1cc(CN3CCOCC3)cc(c1)-n1ccnc1-2. The molecular formula is C29H33N5O6S. The van der Waals surface area contributed by atoms with Gasteiger partial charge < -0.3 is 18.7 Å². The maximum atomic E-state index is 14.0. The molecule has 0 unspecified atom stereocenters. The van der Waals surface area contributed by atoms with Gasteiger partial charge in [0.15, 0.2) is 17.3 Å². The van der Waals surface area contributed by atoms with Crippen molar-refractivity contribution in [1.29, 1.82) is 0 Å². The number of rotatable bonds is 5. The predicted octanol–water partition coefficient (Wildman–Crippen LogP) is 3.57. The topological polar surface area (TPSA) is 112 Å². The number of imidazole rings is 1. The molecule has 4 heterocycles. The molecule has 11 nitrogen and oxygen atoms in total. The Hall–Kier alpha value is -3.71. The summed E-state index contributed by atoms with van der Waals surface area (Å²) in [5.41, 5.74) is 4.00. The molecule has 4 bridgehead atoms. The van der Waals surface area contributed by atoms with Gasteiger partial charge in [-0.25, -0.2) is 13.4 Å². The van der Waals surface area contributed by atoms with Crippen molar-refractivity contribution in [2.24, 2.45) is 0 Å². The average molecular weight is 580 g/mol. The Morgan fingerprint density at radius 3 is 2.61 bits per heavy atom. The first-order valence-corrected chi connectivity index (χ1v) is 15.0. The maximum absolute atomic E-state index is 14.0. The number of fused-ring (bicyclic) bond motifs is 7.